The summed E-state index contributed by atoms with van der Waals surface area (Å²) >= 11 is 5.93. The van der Waals surface area contributed by atoms with Gasteiger partial charge in [0.1, 0.15) is 17.7 Å². The maximum Gasteiger partial charge on any atom is 0.434 e. The van der Waals surface area contributed by atoms with E-state index in [9.17, 15) is 18.0 Å². The maximum absolute atomic E-state index is 13.1. The van der Waals surface area contributed by atoms with Gasteiger partial charge >= 0.3 is 6.18 Å². The molecule has 1 aliphatic heterocycles. The summed E-state index contributed by atoms with van der Waals surface area (Å²) < 4.78 is 40.3. The van der Waals surface area contributed by atoms with E-state index in [2.05, 4.69) is 4.98 Å². The van der Waals surface area contributed by atoms with Crippen LogP contribution in [0.2, 0.25) is 5.02 Å². The number of allylic oxidation sites excluding steroid dienone is 1. The molecule has 0 bridgehead atoms. The number of alkyl halides is 3. The molecular formula is C20H24ClF3N6O. The number of aryl methyl sites for hydroxylation is 1. The number of rotatable bonds is 5. The highest BCUT2D eigenvalue weighted by Gasteiger charge is 2.40. The minimum atomic E-state index is -4.58. The van der Waals surface area contributed by atoms with Crippen LogP contribution in [0.15, 0.2) is 42.0 Å². The summed E-state index contributed by atoms with van der Waals surface area (Å²) in [6, 6.07) is 5.99. The number of aromatic nitrogens is 2. The first kappa shape index (κ1) is 23.0. The lowest BCUT2D eigenvalue weighted by atomic mass is 10.1. The Hall–Kier alpha value is -2.72. The number of hydrogen-bond donors (Lipinski definition) is 2. The molecule has 11 heteroatoms. The molecule has 2 heterocycles. The number of amides is 1. The predicted octanol–water partition coefficient (Wildman–Crippen LogP) is 3.80. The van der Waals surface area contributed by atoms with E-state index < -0.39 is 23.8 Å². The van der Waals surface area contributed by atoms with Crippen molar-refractivity contribution in [1.29, 1.82) is 0 Å². The van der Waals surface area contributed by atoms with Crippen LogP contribution < -0.4 is 16.6 Å². The average molecular weight is 457 g/mol. The molecule has 0 saturated carbocycles. The van der Waals surface area contributed by atoms with Gasteiger partial charge in [0.05, 0.1) is 11.4 Å². The Morgan fingerprint density at radius 1 is 1.29 bits per heavy atom. The lowest BCUT2D eigenvalue weighted by molar-refractivity contribution is -0.141. The molecule has 168 valence electrons. The Kier molecular flexibility index (Phi) is 6.24. The van der Waals surface area contributed by atoms with Gasteiger partial charge in [-0.05, 0) is 43.5 Å². The summed E-state index contributed by atoms with van der Waals surface area (Å²) in [5.41, 5.74) is 6.47. The van der Waals surface area contributed by atoms with Gasteiger partial charge in [0.25, 0.3) is 5.91 Å². The van der Waals surface area contributed by atoms with Crippen LogP contribution in [-0.4, -0.2) is 26.9 Å². The molecule has 1 atom stereocenters. The third kappa shape index (κ3) is 4.49. The van der Waals surface area contributed by atoms with E-state index in [1.54, 1.807) is 24.3 Å². The van der Waals surface area contributed by atoms with Crippen molar-refractivity contribution >= 4 is 23.2 Å². The van der Waals surface area contributed by atoms with Gasteiger partial charge in [-0.2, -0.15) is 13.2 Å². The van der Waals surface area contributed by atoms with Gasteiger partial charge in [0, 0.05) is 17.8 Å². The number of carbonyl (C=O) groups excluding carboxylic acids is 1. The second-order valence-electron chi connectivity index (χ2n) is 7.64. The van der Waals surface area contributed by atoms with E-state index in [-0.39, 0.29) is 24.1 Å². The van der Waals surface area contributed by atoms with Crippen molar-refractivity contribution in [1.82, 2.24) is 14.5 Å². The van der Waals surface area contributed by atoms with Gasteiger partial charge in [-0.1, -0.05) is 25.4 Å². The molecular weight excluding hydrogens is 433 g/mol. The minimum absolute atomic E-state index is 0.112. The maximum atomic E-state index is 13.1. The first-order chi connectivity index (χ1) is 14.4. The van der Waals surface area contributed by atoms with Gasteiger partial charge in [0.15, 0.2) is 5.69 Å². The fraction of sp³-hybridized carbons (Fsp3) is 0.400. The van der Waals surface area contributed by atoms with E-state index in [0.717, 1.165) is 6.20 Å². The Balaban J connectivity index is 1.92. The summed E-state index contributed by atoms with van der Waals surface area (Å²) in [6.07, 6.45) is -3.42. The van der Waals surface area contributed by atoms with E-state index in [0.29, 0.717) is 22.8 Å². The zero-order chi connectivity index (χ0) is 23.1. The molecule has 0 aliphatic carbocycles. The first-order valence-corrected chi connectivity index (χ1v) is 10.0. The monoisotopic (exact) mass is 456 g/mol. The van der Waals surface area contributed by atoms with Crippen LogP contribution >= 0.6 is 11.6 Å². The molecule has 0 radical (unpaired) electrons. The van der Waals surface area contributed by atoms with Gasteiger partial charge in [-0.15, -0.1) is 0 Å². The lowest BCUT2D eigenvalue weighted by Gasteiger charge is -2.30. The molecule has 7 nitrogen and oxygen atoms in total. The number of nitrogens with two attached hydrogens (primary N) is 2. The quantitative estimate of drug-likeness (QED) is 0.527. The topological polar surface area (TPSA) is 93.4 Å². The van der Waals surface area contributed by atoms with Gasteiger partial charge < -0.3 is 10.3 Å². The Morgan fingerprint density at radius 2 is 1.90 bits per heavy atom. The van der Waals surface area contributed by atoms with Crippen LogP contribution in [0, 0.1) is 12.8 Å². The normalized spacial score (nSPS) is 18.0. The zero-order valence-electron chi connectivity index (χ0n) is 17.3. The standard InChI is InChI=1S/C20H24ClF3N6O/c1-11(2)17(30(26)14-6-4-13(21)5-7-14)18(25)28-9-8-15(19(28)31)29-10-16(20(22,23)24)27-12(29)3/h4-7,10-11,15H,8-9,25-26H2,1-3H3/b18-17+/t15-/m0/s1. The number of benzene rings is 1. The molecule has 31 heavy (non-hydrogen) atoms. The molecule has 1 aromatic carbocycles. The van der Waals surface area contributed by atoms with Crippen LogP contribution in [0.1, 0.15) is 37.8 Å². The molecule has 1 aliphatic rings. The minimum Gasteiger partial charge on any atom is -0.384 e. The SMILES string of the molecule is Cc1nc(C(F)(F)F)cn1[C@H]1CCN(/C(N)=C(\C(C)C)N(N)c2ccc(Cl)cc2)C1=O. The largest absolute Gasteiger partial charge is 0.434 e. The van der Waals surface area contributed by atoms with Gasteiger partial charge in [-0.3, -0.25) is 14.7 Å². The number of hydrogen-bond acceptors (Lipinski definition) is 5. The van der Waals surface area contributed by atoms with Crippen molar-refractivity contribution < 1.29 is 18.0 Å². The number of halogens is 4. The molecule has 0 unspecified atom stereocenters. The van der Waals surface area contributed by atoms with E-state index in [1.165, 1.54) is 21.4 Å². The van der Waals surface area contributed by atoms with Crippen molar-refractivity contribution in [2.24, 2.45) is 17.5 Å². The van der Waals surface area contributed by atoms with E-state index >= 15 is 0 Å². The summed E-state index contributed by atoms with van der Waals surface area (Å²) in [5.74, 6) is 6.02. The van der Waals surface area contributed by atoms with E-state index in [4.69, 9.17) is 23.2 Å². The average Bonchev–Trinajstić information content (AvgIpc) is 3.24. The van der Waals surface area contributed by atoms with Crippen LogP contribution in [0.25, 0.3) is 0 Å². The summed E-state index contributed by atoms with van der Waals surface area (Å²) in [4.78, 5) is 18.0. The van der Waals surface area contributed by atoms with E-state index in [1.807, 2.05) is 13.8 Å². The Morgan fingerprint density at radius 3 is 2.42 bits per heavy atom. The third-order valence-electron chi connectivity index (χ3n) is 5.19. The Bertz CT molecular complexity index is 999. The van der Waals surface area contributed by atoms with Crippen LogP contribution in [0.4, 0.5) is 18.9 Å². The highest BCUT2D eigenvalue weighted by Crippen LogP contribution is 2.33. The van der Waals surface area contributed by atoms with Crippen molar-refractivity contribution in [2.75, 3.05) is 11.6 Å². The number of hydrazine groups is 1. The smallest absolute Gasteiger partial charge is 0.384 e. The van der Waals surface area contributed by atoms with Gasteiger partial charge in [-0.25, -0.2) is 10.8 Å². The second kappa shape index (κ2) is 8.43. The molecule has 1 aromatic heterocycles. The number of likely N-dealkylation sites (tertiary alicyclic amines) is 1. The highest BCUT2D eigenvalue weighted by atomic mass is 35.5. The van der Waals surface area contributed by atoms with Crippen molar-refractivity contribution in [2.45, 2.75) is 39.4 Å². The fourth-order valence-corrected chi connectivity index (χ4v) is 3.80. The molecule has 1 amide bonds. The van der Waals surface area contributed by atoms with Crippen LogP contribution in [-0.2, 0) is 11.0 Å². The number of carbonyl (C=O) groups is 1. The molecule has 1 fully saturated rings. The lowest BCUT2D eigenvalue weighted by Crippen LogP contribution is -2.40. The third-order valence-corrected chi connectivity index (χ3v) is 5.44. The van der Waals surface area contributed by atoms with Crippen LogP contribution in [0.3, 0.4) is 0 Å². The predicted molar refractivity (Wildman–Crippen MR) is 112 cm³/mol. The Labute approximate surface area is 183 Å². The highest BCUT2D eigenvalue weighted by molar-refractivity contribution is 6.30. The van der Waals surface area contributed by atoms with Crippen LogP contribution in [0.5, 0.6) is 0 Å². The second-order valence-corrected chi connectivity index (χ2v) is 8.08. The van der Waals surface area contributed by atoms with Crippen molar-refractivity contribution in [3.05, 3.63) is 58.5 Å². The van der Waals surface area contributed by atoms with Crippen molar-refractivity contribution in [3.63, 3.8) is 0 Å². The summed E-state index contributed by atoms with van der Waals surface area (Å²) in [5, 5.41) is 1.94. The number of anilines is 1. The summed E-state index contributed by atoms with van der Waals surface area (Å²) in [6.45, 7) is 5.45. The first-order valence-electron chi connectivity index (χ1n) is 9.66. The molecule has 0 spiro atoms. The molecule has 4 N–H and O–H groups in total. The number of imidazole rings is 1. The zero-order valence-corrected chi connectivity index (χ0v) is 18.1. The van der Waals surface area contributed by atoms with Gasteiger partial charge in [0.2, 0.25) is 0 Å². The van der Waals surface area contributed by atoms with Crippen molar-refractivity contribution in [3.8, 4) is 0 Å². The molecule has 2 aromatic rings. The fourth-order valence-electron chi connectivity index (χ4n) is 3.68. The molecule has 3 rings (SSSR count). The number of nitrogens with zero attached hydrogens (tertiary/aromatic N) is 4. The summed E-state index contributed by atoms with van der Waals surface area (Å²) in [7, 11) is 0. The molecule has 1 saturated heterocycles.